The van der Waals surface area contributed by atoms with Crippen LogP contribution < -0.4 is 0 Å². The molecule has 5 nitrogen and oxygen atoms in total. The average molecular weight is 268 g/mol. The third kappa shape index (κ3) is 2.19. The summed E-state index contributed by atoms with van der Waals surface area (Å²) in [6, 6.07) is 0. The van der Waals surface area contributed by atoms with Gasteiger partial charge in [-0.3, -0.25) is 9.59 Å². The highest BCUT2D eigenvalue weighted by Crippen LogP contribution is 2.48. The average Bonchev–Trinajstić information content (AvgIpc) is 2.86. The molecule has 2 saturated carbocycles. The van der Waals surface area contributed by atoms with E-state index in [-0.39, 0.29) is 29.5 Å². The predicted octanol–water partition coefficient (Wildman–Crippen LogP) is 1.30. The first-order chi connectivity index (χ1) is 9.15. The molecule has 0 aromatic carbocycles. The van der Waals surface area contributed by atoms with Crippen LogP contribution in [0.1, 0.15) is 32.1 Å². The van der Waals surface area contributed by atoms with Crippen molar-refractivity contribution in [3.05, 3.63) is 0 Å². The topological polar surface area (TPSA) is 61.8 Å². The Balaban J connectivity index is 1.82. The van der Waals surface area contributed by atoms with Crippen LogP contribution in [-0.2, 0) is 23.8 Å². The van der Waals surface area contributed by atoms with Crippen molar-refractivity contribution in [2.45, 2.75) is 37.9 Å². The van der Waals surface area contributed by atoms with Gasteiger partial charge in [-0.15, -0.1) is 0 Å². The van der Waals surface area contributed by atoms with Crippen molar-refractivity contribution < 1.29 is 23.8 Å². The molecule has 0 radical (unpaired) electrons. The number of methoxy groups -OCH3 is 1. The second-order valence-electron chi connectivity index (χ2n) is 5.76. The SMILES string of the molecule is COC(=O)C1CCC(=O)[C@H]2CCC3(C[C@@H]12)OCCO3. The molecule has 3 aliphatic rings. The number of carbonyl (C=O) groups is 2. The first-order valence-corrected chi connectivity index (χ1v) is 7.04. The Kier molecular flexibility index (Phi) is 3.35. The van der Waals surface area contributed by atoms with E-state index in [2.05, 4.69) is 0 Å². The lowest BCUT2D eigenvalue weighted by molar-refractivity contribution is -0.205. The zero-order valence-electron chi connectivity index (χ0n) is 11.2. The zero-order chi connectivity index (χ0) is 13.5. The molecule has 19 heavy (non-hydrogen) atoms. The Labute approximate surface area is 112 Å². The van der Waals surface area contributed by atoms with Crippen molar-refractivity contribution in [3.8, 4) is 0 Å². The Bertz CT molecular complexity index is 385. The van der Waals surface area contributed by atoms with Crippen molar-refractivity contribution in [2.24, 2.45) is 17.8 Å². The van der Waals surface area contributed by atoms with Gasteiger partial charge in [0.2, 0.25) is 0 Å². The number of fused-ring (bicyclic) bond motifs is 1. The number of hydrogen-bond acceptors (Lipinski definition) is 5. The molecule has 1 unspecified atom stereocenters. The molecule has 0 bridgehead atoms. The smallest absolute Gasteiger partial charge is 0.308 e. The van der Waals surface area contributed by atoms with Gasteiger partial charge in [-0.2, -0.15) is 0 Å². The van der Waals surface area contributed by atoms with Gasteiger partial charge < -0.3 is 14.2 Å². The van der Waals surface area contributed by atoms with E-state index in [1.54, 1.807) is 0 Å². The Hall–Kier alpha value is -0.940. The molecule has 0 amide bonds. The quantitative estimate of drug-likeness (QED) is 0.671. The summed E-state index contributed by atoms with van der Waals surface area (Å²) in [4.78, 5) is 24.0. The summed E-state index contributed by atoms with van der Waals surface area (Å²) in [6.45, 7) is 1.21. The van der Waals surface area contributed by atoms with Crippen LogP contribution in [0, 0.1) is 17.8 Å². The van der Waals surface area contributed by atoms with E-state index >= 15 is 0 Å². The number of ether oxygens (including phenoxy) is 3. The van der Waals surface area contributed by atoms with E-state index in [1.165, 1.54) is 7.11 Å². The summed E-state index contributed by atoms with van der Waals surface area (Å²) >= 11 is 0. The second-order valence-corrected chi connectivity index (χ2v) is 5.76. The van der Waals surface area contributed by atoms with Gasteiger partial charge in [0.05, 0.1) is 26.2 Å². The molecule has 0 aromatic rings. The molecule has 3 atom stereocenters. The molecule has 5 heteroatoms. The van der Waals surface area contributed by atoms with Gasteiger partial charge in [0.1, 0.15) is 5.78 Å². The van der Waals surface area contributed by atoms with E-state index in [0.717, 1.165) is 12.8 Å². The van der Waals surface area contributed by atoms with Crippen molar-refractivity contribution in [3.63, 3.8) is 0 Å². The third-order valence-corrected chi connectivity index (χ3v) is 4.85. The van der Waals surface area contributed by atoms with Crippen LogP contribution in [0.4, 0.5) is 0 Å². The van der Waals surface area contributed by atoms with Crippen LogP contribution in [0.2, 0.25) is 0 Å². The van der Waals surface area contributed by atoms with Crippen LogP contribution in [-0.4, -0.2) is 37.9 Å². The largest absolute Gasteiger partial charge is 0.469 e. The summed E-state index contributed by atoms with van der Waals surface area (Å²) in [5, 5.41) is 0. The van der Waals surface area contributed by atoms with Crippen molar-refractivity contribution in [2.75, 3.05) is 20.3 Å². The molecule has 0 aromatic heterocycles. The first kappa shape index (κ1) is 13.1. The highest BCUT2D eigenvalue weighted by atomic mass is 16.7. The molecule has 1 aliphatic heterocycles. The lowest BCUT2D eigenvalue weighted by atomic mass is 9.63. The standard InChI is InChI=1S/C14H20O5/c1-17-13(16)10-2-3-12(15)9-4-5-14(8-11(9)10)18-6-7-19-14/h9-11H,2-8H2,1H3/t9-,10?,11+/m0/s1. The van der Waals surface area contributed by atoms with Gasteiger partial charge >= 0.3 is 5.97 Å². The van der Waals surface area contributed by atoms with Gasteiger partial charge in [-0.05, 0) is 18.8 Å². The summed E-state index contributed by atoms with van der Waals surface area (Å²) in [7, 11) is 1.41. The zero-order valence-corrected chi connectivity index (χ0v) is 11.2. The summed E-state index contributed by atoms with van der Waals surface area (Å²) in [6.07, 6.45) is 3.26. The van der Waals surface area contributed by atoms with Gasteiger partial charge in [0, 0.05) is 25.2 Å². The van der Waals surface area contributed by atoms with Gasteiger partial charge in [0.15, 0.2) is 5.79 Å². The Morgan fingerprint density at radius 3 is 2.74 bits per heavy atom. The minimum atomic E-state index is -0.551. The number of esters is 1. The molecule has 106 valence electrons. The second kappa shape index (κ2) is 4.87. The monoisotopic (exact) mass is 268 g/mol. The van der Waals surface area contributed by atoms with Crippen LogP contribution in [0.15, 0.2) is 0 Å². The van der Waals surface area contributed by atoms with Gasteiger partial charge in [-0.25, -0.2) is 0 Å². The van der Waals surface area contributed by atoms with Crippen molar-refractivity contribution in [1.29, 1.82) is 0 Å². The number of Topliss-reactive ketones (excluding diaryl/α,β-unsaturated/α-hetero) is 1. The number of ketones is 1. The molecule has 1 heterocycles. The minimum Gasteiger partial charge on any atom is -0.469 e. The maximum atomic E-state index is 12.1. The predicted molar refractivity (Wildman–Crippen MR) is 65.2 cm³/mol. The van der Waals surface area contributed by atoms with Gasteiger partial charge in [-0.1, -0.05) is 0 Å². The molecule has 0 N–H and O–H groups in total. The molecule has 1 spiro atoms. The van der Waals surface area contributed by atoms with E-state index in [0.29, 0.717) is 32.5 Å². The fourth-order valence-electron chi connectivity index (χ4n) is 3.92. The normalized spacial score (nSPS) is 37.1. The first-order valence-electron chi connectivity index (χ1n) is 7.04. The molecule has 3 fully saturated rings. The highest BCUT2D eigenvalue weighted by molar-refractivity contribution is 5.85. The fraction of sp³-hybridized carbons (Fsp3) is 0.857. The fourth-order valence-corrected chi connectivity index (χ4v) is 3.92. The number of carbonyl (C=O) groups excluding carboxylic acids is 2. The van der Waals surface area contributed by atoms with Crippen molar-refractivity contribution >= 4 is 11.8 Å². The third-order valence-electron chi connectivity index (χ3n) is 4.85. The van der Waals surface area contributed by atoms with E-state index in [9.17, 15) is 9.59 Å². The summed E-state index contributed by atoms with van der Waals surface area (Å²) < 4.78 is 16.4. The van der Waals surface area contributed by atoms with E-state index < -0.39 is 5.79 Å². The van der Waals surface area contributed by atoms with Crippen LogP contribution >= 0.6 is 0 Å². The maximum Gasteiger partial charge on any atom is 0.308 e. The minimum absolute atomic E-state index is 0.0144. The number of hydrogen-bond donors (Lipinski definition) is 0. The summed E-state index contributed by atoms with van der Waals surface area (Å²) in [5.41, 5.74) is 0. The molecular weight excluding hydrogens is 248 g/mol. The van der Waals surface area contributed by atoms with Crippen molar-refractivity contribution in [1.82, 2.24) is 0 Å². The molecular formula is C14H20O5. The van der Waals surface area contributed by atoms with E-state index in [4.69, 9.17) is 14.2 Å². The molecule has 2 aliphatic carbocycles. The molecule has 1 saturated heterocycles. The molecule has 3 rings (SSSR count). The van der Waals surface area contributed by atoms with Crippen LogP contribution in [0.5, 0.6) is 0 Å². The van der Waals surface area contributed by atoms with E-state index in [1.807, 2.05) is 0 Å². The Morgan fingerprint density at radius 1 is 1.32 bits per heavy atom. The lowest BCUT2D eigenvalue weighted by Crippen LogP contribution is -2.49. The van der Waals surface area contributed by atoms with Crippen LogP contribution in [0.3, 0.4) is 0 Å². The number of rotatable bonds is 1. The van der Waals surface area contributed by atoms with Crippen LogP contribution in [0.25, 0.3) is 0 Å². The Morgan fingerprint density at radius 2 is 2.05 bits per heavy atom. The highest BCUT2D eigenvalue weighted by Gasteiger charge is 2.52. The maximum absolute atomic E-state index is 12.1. The lowest BCUT2D eigenvalue weighted by Gasteiger charge is -2.45. The summed E-state index contributed by atoms with van der Waals surface area (Å²) in [5.74, 6) is -0.643. The van der Waals surface area contributed by atoms with Gasteiger partial charge in [0.25, 0.3) is 0 Å².